The molecule has 2 unspecified atom stereocenters. The molecule has 16 heavy (non-hydrogen) atoms. The summed E-state index contributed by atoms with van der Waals surface area (Å²) in [6.45, 7) is 5.72. The van der Waals surface area contributed by atoms with Gasteiger partial charge < -0.3 is 4.74 Å². The van der Waals surface area contributed by atoms with Gasteiger partial charge >= 0.3 is 0 Å². The van der Waals surface area contributed by atoms with Gasteiger partial charge in [0, 0.05) is 0 Å². The van der Waals surface area contributed by atoms with Gasteiger partial charge in [-0.1, -0.05) is 53.4 Å². The topological polar surface area (TPSA) is 12.5 Å². The Bertz CT molecular complexity index is 194. The Morgan fingerprint density at radius 1 is 1.25 bits per heavy atom. The Hall–Kier alpha value is -0.0400. The van der Waals surface area contributed by atoms with Crippen LogP contribution in [0.1, 0.15) is 72.6 Å². The summed E-state index contributed by atoms with van der Waals surface area (Å²) in [4.78, 5) is 0. The molecule has 96 valence electrons. The summed E-state index contributed by atoms with van der Waals surface area (Å²) in [5, 5.41) is 0. The molecule has 0 radical (unpaired) electrons. The highest BCUT2D eigenvalue weighted by molar-refractivity contribution is 5.00. The second-order valence-corrected chi connectivity index (χ2v) is 5.97. The fraction of sp³-hybridized carbons (Fsp3) is 1.00. The minimum Gasteiger partial charge on any atom is -0.369 e. The molecule has 2 atom stereocenters. The van der Waals surface area contributed by atoms with Crippen LogP contribution >= 0.6 is 0 Å². The molecule has 1 aliphatic heterocycles. The van der Waals surface area contributed by atoms with E-state index in [9.17, 15) is 0 Å². The summed E-state index contributed by atoms with van der Waals surface area (Å²) < 4.78 is 5.73. The van der Waals surface area contributed by atoms with E-state index in [0.29, 0.717) is 5.60 Å². The lowest BCUT2D eigenvalue weighted by molar-refractivity contribution is 0.148. The van der Waals surface area contributed by atoms with Gasteiger partial charge in [0.25, 0.3) is 0 Å². The number of ether oxygens (including phenoxy) is 1. The van der Waals surface area contributed by atoms with E-state index in [-0.39, 0.29) is 7.43 Å². The number of epoxide rings is 1. The van der Waals surface area contributed by atoms with Crippen molar-refractivity contribution < 1.29 is 4.74 Å². The van der Waals surface area contributed by atoms with Crippen molar-refractivity contribution >= 4 is 0 Å². The van der Waals surface area contributed by atoms with Crippen molar-refractivity contribution in [1.82, 2.24) is 0 Å². The van der Waals surface area contributed by atoms with Crippen molar-refractivity contribution in [3.8, 4) is 0 Å². The summed E-state index contributed by atoms with van der Waals surface area (Å²) in [6.07, 6.45) is 11.3. The zero-order valence-electron chi connectivity index (χ0n) is 10.4. The number of hydrogen-bond acceptors (Lipinski definition) is 1. The van der Waals surface area contributed by atoms with E-state index in [0.717, 1.165) is 18.4 Å². The van der Waals surface area contributed by atoms with E-state index in [1.54, 1.807) is 0 Å². The van der Waals surface area contributed by atoms with Crippen molar-refractivity contribution in [2.45, 2.75) is 78.2 Å². The zero-order chi connectivity index (χ0) is 10.7. The largest absolute Gasteiger partial charge is 0.369 e. The first-order valence-electron chi connectivity index (χ1n) is 6.87. The average molecular weight is 226 g/mol. The smallest absolute Gasteiger partial charge is 0.0944 e. The number of hydrogen-bond donors (Lipinski definition) is 0. The van der Waals surface area contributed by atoms with Gasteiger partial charge in [-0.2, -0.15) is 0 Å². The third-order valence-corrected chi connectivity index (χ3v) is 4.25. The molecule has 0 aromatic heterocycles. The third-order valence-electron chi connectivity index (χ3n) is 4.25. The van der Waals surface area contributed by atoms with Gasteiger partial charge in [0.15, 0.2) is 0 Å². The predicted octanol–water partition coefficient (Wildman–Crippen LogP) is 4.80. The van der Waals surface area contributed by atoms with Gasteiger partial charge in [0.05, 0.1) is 12.2 Å². The summed E-state index contributed by atoms with van der Waals surface area (Å²) in [7, 11) is 0. The summed E-state index contributed by atoms with van der Waals surface area (Å²) >= 11 is 0. The zero-order valence-corrected chi connectivity index (χ0v) is 10.4. The van der Waals surface area contributed by atoms with Crippen molar-refractivity contribution in [3.63, 3.8) is 0 Å². The molecule has 2 fully saturated rings. The van der Waals surface area contributed by atoms with E-state index in [1.807, 2.05) is 0 Å². The Kier molecular flexibility index (Phi) is 5.30. The van der Waals surface area contributed by atoms with Gasteiger partial charge in [-0.3, -0.25) is 0 Å². The lowest BCUT2D eigenvalue weighted by atomic mass is 9.76. The Balaban J connectivity index is 0.00000128. The minimum atomic E-state index is 0. The summed E-state index contributed by atoms with van der Waals surface area (Å²) in [5.41, 5.74) is 0.385. The number of rotatable bonds is 5. The SMILES string of the molecule is C.CC(C)CCCCC1CCCCC12CO2. The lowest BCUT2D eigenvalue weighted by Crippen LogP contribution is -2.28. The summed E-state index contributed by atoms with van der Waals surface area (Å²) in [6, 6.07) is 0. The fourth-order valence-corrected chi connectivity index (χ4v) is 3.11. The standard InChI is InChI=1S/C14H26O.CH4/c1-12(2)7-3-4-8-13-9-5-6-10-14(13)11-15-14;/h12-13H,3-11H2,1-2H3;1H4. The fourth-order valence-electron chi connectivity index (χ4n) is 3.11. The van der Waals surface area contributed by atoms with E-state index in [1.165, 1.54) is 51.4 Å². The van der Waals surface area contributed by atoms with Crippen LogP contribution < -0.4 is 0 Å². The summed E-state index contributed by atoms with van der Waals surface area (Å²) in [5.74, 6) is 1.78. The van der Waals surface area contributed by atoms with Gasteiger partial charge in [0.2, 0.25) is 0 Å². The van der Waals surface area contributed by atoms with E-state index in [4.69, 9.17) is 4.74 Å². The quantitative estimate of drug-likeness (QED) is 0.484. The van der Waals surface area contributed by atoms with Crippen LogP contribution in [0.2, 0.25) is 0 Å². The predicted molar refractivity (Wildman–Crippen MR) is 70.7 cm³/mol. The van der Waals surface area contributed by atoms with Gasteiger partial charge in [0.1, 0.15) is 0 Å². The molecule has 0 bridgehead atoms. The van der Waals surface area contributed by atoms with Crippen molar-refractivity contribution in [1.29, 1.82) is 0 Å². The van der Waals surface area contributed by atoms with Gasteiger partial charge in [-0.05, 0) is 31.1 Å². The molecule has 1 spiro atoms. The van der Waals surface area contributed by atoms with E-state index < -0.39 is 0 Å². The molecular formula is C15H30O. The second-order valence-electron chi connectivity index (χ2n) is 5.97. The molecular weight excluding hydrogens is 196 g/mol. The highest BCUT2D eigenvalue weighted by atomic mass is 16.6. The Morgan fingerprint density at radius 3 is 2.62 bits per heavy atom. The molecule has 1 heteroatoms. The first-order valence-corrected chi connectivity index (χ1v) is 6.87. The Morgan fingerprint density at radius 2 is 2.00 bits per heavy atom. The third kappa shape index (κ3) is 3.48. The van der Waals surface area contributed by atoms with Crippen molar-refractivity contribution in [2.24, 2.45) is 11.8 Å². The number of unbranched alkanes of at least 4 members (excludes halogenated alkanes) is 1. The van der Waals surface area contributed by atoms with Crippen LogP contribution in [0, 0.1) is 11.8 Å². The molecule has 1 saturated carbocycles. The van der Waals surface area contributed by atoms with Gasteiger partial charge in [-0.25, -0.2) is 0 Å². The highest BCUT2D eigenvalue weighted by Crippen LogP contribution is 2.48. The first kappa shape index (κ1) is 14.0. The van der Waals surface area contributed by atoms with Crippen LogP contribution in [0.25, 0.3) is 0 Å². The normalized spacial score (nSPS) is 32.8. The average Bonchev–Trinajstić information content (AvgIpc) is 2.96. The molecule has 0 N–H and O–H groups in total. The van der Waals surface area contributed by atoms with E-state index in [2.05, 4.69) is 13.8 Å². The maximum atomic E-state index is 5.73. The molecule has 1 aliphatic carbocycles. The molecule has 2 aliphatic rings. The molecule has 0 amide bonds. The first-order chi connectivity index (χ1) is 7.23. The van der Waals surface area contributed by atoms with Crippen LogP contribution in [0.15, 0.2) is 0 Å². The van der Waals surface area contributed by atoms with Crippen LogP contribution in [-0.4, -0.2) is 12.2 Å². The van der Waals surface area contributed by atoms with Crippen LogP contribution in [-0.2, 0) is 4.74 Å². The minimum absolute atomic E-state index is 0. The van der Waals surface area contributed by atoms with E-state index >= 15 is 0 Å². The lowest BCUT2D eigenvalue weighted by Gasteiger charge is -2.28. The molecule has 1 saturated heterocycles. The maximum absolute atomic E-state index is 5.73. The van der Waals surface area contributed by atoms with Gasteiger partial charge in [-0.15, -0.1) is 0 Å². The maximum Gasteiger partial charge on any atom is 0.0944 e. The molecule has 0 aromatic carbocycles. The monoisotopic (exact) mass is 226 g/mol. The molecule has 1 nitrogen and oxygen atoms in total. The van der Waals surface area contributed by atoms with Crippen molar-refractivity contribution in [2.75, 3.05) is 6.61 Å². The van der Waals surface area contributed by atoms with Crippen LogP contribution in [0.5, 0.6) is 0 Å². The molecule has 2 rings (SSSR count). The second kappa shape index (κ2) is 6.05. The van der Waals surface area contributed by atoms with Crippen LogP contribution in [0.3, 0.4) is 0 Å². The van der Waals surface area contributed by atoms with Crippen molar-refractivity contribution in [3.05, 3.63) is 0 Å². The van der Waals surface area contributed by atoms with Crippen LogP contribution in [0.4, 0.5) is 0 Å². The molecule has 0 aromatic rings. The molecule has 1 heterocycles. The Labute approximate surface area is 102 Å². The highest BCUT2D eigenvalue weighted by Gasteiger charge is 2.51.